The second kappa shape index (κ2) is 7.01. The van der Waals surface area contributed by atoms with Crippen molar-refractivity contribution in [3.05, 3.63) is 34.5 Å². The number of benzene rings is 1. The summed E-state index contributed by atoms with van der Waals surface area (Å²) in [6.45, 7) is 2.04. The highest BCUT2D eigenvalue weighted by atomic mass is 35.5. The molecule has 2 N–H and O–H groups in total. The third-order valence-corrected chi connectivity index (χ3v) is 3.80. The second-order valence-corrected chi connectivity index (χ2v) is 5.66. The van der Waals surface area contributed by atoms with Gasteiger partial charge in [-0.2, -0.15) is 0 Å². The Morgan fingerprint density at radius 3 is 2.75 bits per heavy atom. The molecule has 1 atom stereocenters. The van der Waals surface area contributed by atoms with Gasteiger partial charge in [-0.25, -0.2) is 0 Å². The molecule has 0 fully saturated rings. The zero-order chi connectivity index (χ0) is 12.7. The summed E-state index contributed by atoms with van der Waals surface area (Å²) < 4.78 is 0. The first-order chi connectivity index (χ1) is 8.65. The first-order valence-corrected chi connectivity index (χ1v) is 6.71. The van der Waals surface area contributed by atoms with Gasteiger partial charge in [0.05, 0.1) is 6.04 Å². The number of aromatic nitrogens is 1. The zero-order valence-corrected chi connectivity index (χ0v) is 14.0. The van der Waals surface area contributed by atoms with Crippen LogP contribution in [0.3, 0.4) is 0 Å². The van der Waals surface area contributed by atoms with Crippen molar-refractivity contribution in [2.24, 2.45) is 0 Å². The average molecular weight is 337 g/mol. The molecular formula is C14H20Cl3N3. The summed E-state index contributed by atoms with van der Waals surface area (Å²) in [4.78, 5) is 5.76. The summed E-state index contributed by atoms with van der Waals surface area (Å²) in [5.74, 6) is 0. The minimum atomic E-state index is 0. The van der Waals surface area contributed by atoms with Crippen molar-refractivity contribution in [3.63, 3.8) is 0 Å². The molecule has 1 aliphatic heterocycles. The Morgan fingerprint density at radius 2 is 2.05 bits per heavy atom. The van der Waals surface area contributed by atoms with Gasteiger partial charge in [-0.1, -0.05) is 11.6 Å². The zero-order valence-electron chi connectivity index (χ0n) is 11.6. The smallest absolute Gasteiger partial charge is 0.0605 e. The third-order valence-electron chi connectivity index (χ3n) is 3.56. The Morgan fingerprint density at radius 1 is 1.30 bits per heavy atom. The van der Waals surface area contributed by atoms with Crippen LogP contribution < -0.4 is 5.32 Å². The van der Waals surface area contributed by atoms with Crippen LogP contribution in [0, 0.1) is 0 Å². The molecule has 2 heterocycles. The summed E-state index contributed by atoms with van der Waals surface area (Å²) in [5.41, 5.74) is 3.95. The van der Waals surface area contributed by atoms with Crippen LogP contribution in [0.5, 0.6) is 0 Å². The molecule has 3 nitrogen and oxygen atoms in total. The normalized spacial score (nSPS) is 17.5. The summed E-state index contributed by atoms with van der Waals surface area (Å²) in [7, 11) is 4.21. The van der Waals surface area contributed by atoms with Crippen LogP contribution in [-0.4, -0.2) is 37.1 Å². The van der Waals surface area contributed by atoms with Crippen molar-refractivity contribution >= 4 is 47.3 Å². The van der Waals surface area contributed by atoms with E-state index in [0.717, 1.165) is 24.5 Å². The molecule has 0 saturated carbocycles. The fraction of sp³-hybridized carbons (Fsp3) is 0.429. The molecule has 0 aliphatic carbocycles. The van der Waals surface area contributed by atoms with Gasteiger partial charge in [0.15, 0.2) is 0 Å². The summed E-state index contributed by atoms with van der Waals surface area (Å²) in [6.07, 6.45) is 1.07. The van der Waals surface area contributed by atoms with Crippen LogP contribution in [0.1, 0.15) is 17.3 Å². The van der Waals surface area contributed by atoms with E-state index in [-0.39, 0.29) is 24.8 Å². The van der Waals surface area contributed by atoms with E-state index in [1.807, 2.05) is 6.07 Å². The monoisotopic (exact) mass is 335 g/mol. The Kier molecular flexibility index (Phi) is 6.17. The highest BCUT2D eigenvalue weighted by molar-refractivity contribution is 6.31. The standard InChI is InChI=1S/C14H18ClN3.2ClH/c1-18(2)8-13-14-10(5-6-16-13)11-7-9(15)3-4-12(11)17-14;;/h3-4,7,13,16-17H,5-6,8H2,1-2H3;2*1H. The number of halogens is 3. The van der Waals surface area contributed by atoms with Crippen molar-refractivity contribution in [2.45, 2.75) is 12.5 Å². The van der Waals surface area contributed by atoms with Crippen molar-refractivity contribution < 1.29 is 0 Å². The summed E-state index contributed by atoms with van der Waals surface area (Å²) in [6, 6.07) is 6.47. The molecule has 1 aromatic carbocycles. The fourth-order valence-corrected chi connectivity index (χ4v) is 2.97. The van der Waals surface area contributed by atoms with E-state index < -0.39 is 0 Å². The quantitative estimate of drug-likeness (QED) is 0.880. The Labute approximate surface area is 136 Å². The average Bonchev–Trinajstić information content (AvgIpc) is 2.68. The lowest BCUT2D eigenvalue weighted by molar-refractivity contribution is 0.331. The number of hydrogen-bond donors (Lipinski definition) is 2. The van der Waals surface area contributed by atoms with Crippen LogP contribution in [0.4, 0.5) is 0 Å². The van der Waals surface area contributed by atoms with E-state index in [1.165, 1.54) is 22.2 Å². The van der Waals surface area contributed by atoms with Crippen LogP contribution in [0.2, 0.25) is 5.02 Å². The minimum absolute atomic E-state index is 0. The number of likely N-dealkylation sites (N-methyl/N-ethyl adjacent to an activating group) is 1. The van der Waals surface area contributed by atoms with Gasteiger partial charge in [0.25, 0.3) is 0 Å². The maximum absolute atomic E-state index is 6.10. The largest absolute Gasteiger partial charge is 0.357 e. The number of rotatable bonds is 2. The van der Waals surface area contributed by atoms with Gasteiger partial charge in [-0.15, -0.1) is 24.8 Å². The van der Waals surface area contributed by atoms with E-state index in [0.29, 0.717) is 6.04 Å². The Bertz CT molecular complexity index is 580. The summed E-state index contributed by atoms with van der Waals surface area (Å²) in [5, 5.41) is 5.67. The number of H-pyrrole nitrogens is 1. The van der Waals surface area contributed by atoms with Crippen LogP contribution in [0.25, 0.3) is 10.9 Å². The van der Waals surface area contributed by atoms with E-state index in [1.54, 1.807) is 0 Å². The third kappa shape index (κ3) is 3.23. The van der Waals surface area contributed by atoms with E-state index in [9.17, 15) is 0 Å². The van der Waals surface area contributed by atoms with Crippen molar-refractivity contribution in [1.82, 2.24) is 15.2 Å². The Hall–Kier alpha value is -0.450. The first-order valence-electron chi connectivity index (χ1n) is 6.33. The molecule has 2 aromatic rings. The minimum Gasteiger partial charge on any atom is -0.357 e. The van der Waals surface area contributed by atoms with Crippen molar-refractivity contribution in [2.75, 3.05) is 27.2 Å². The molecule has 3 rings (SSSR count). The molecule has 0 amide bonds. The molecule has 20 heavy (non-hydrogen) atoms. The van der Waals surface area contributed by atoms with Crippen LogP contribution in [0.15, 0.2) is 18.2 Å². The maximum atomic E-state index is 6.10. The number of fused-ring (bicyclic) bond motifs is 3. The number of nitrogens with zero attached hydrogens (tertiary/aromatic N) is 1. The van der Waals surface area contributed by atoms with Crippen LogP contribution >= 0.6 is 36.4 Å². The maximum Gasteiger partial charge on any atom is 0.0605 e. The molecule has 0 bridgehead atoms. The van der Waals surface area contributed by atoms with Gasteiger partial charge in [0.2, 0.25) is 0 Å². The van der Waals surface area contributed by atoms with Crippen molar-refractivity contribution in [3.8, 4) is 0 Å². The molecular weight excluding hydrogens is 317 g/mol. The molecule has 0 radical (unpaired) electrons. The lowest BCUT2D eigenvalue weighted by Gasteiger charge is -2.26. The van der Waals surface area contributed by atoms with E-state index in [4.69, 9.17) is 11.6 Å². The summed E-state index contributed by atoms with van der Waals surface area (Å²) >= 11 is 6.10. The molecule has 0 saturated heterocycles. The molecule has 1 aromatic heterocycles. The lowest BCUT2D eigenvalue weighted by Crippen LogP contribution is -2.36. The van der Waals surface area contributed by atoms with Crippen LogP contribution in [-0.2, 0) is 6.42 Å². The van der Waals surface area contributed by atoms with Gasteiger partial charge in [-0.05, 0) is 50.8 Å². The predicted molar refractivity (Wildman–Crippen MR) is 90.8 cm³/mol. The topological polar surface area (TPSA) is 31.1 Å². The van der Waals surface area contributed by atoms with Gasteiger partial charge in [0.1, 0.15) is 0 Å². The molecule has 1 unspecified atom stereocenters. The molecule has 6 heteroatoms. The molecule has 0 spiro atoms. The van der Waals surface area contributed by atoms with Crippen molar-refractivity contribution in [1.29, 1.82) is 0 Å². The number of nitrogens with one attached hydrogen (secondary N) is 2. The highest BCUT2D eigenvalue weighted by Gasteiger charge is 2.24. The Balaban J connectivity index is 0.000001000. The van der Waals surface area contributed by atoms with E-state index in [2.05, 4.69) is 41.4 Å². The molecule has 1 aliphatic rings. The molecule has 112 valence electrons. The van der Waals surface area contributed by atoms with E-state index >= 15 is 0 Å². The highest BCUT2D eigenvalue weighted by Crippen LogP contribution is 2.31. The lowest BCUT2D eigenvalue weighted by atomic mass is 9.99. The second-order valence-electron chi connectivity index (χ2n) is 5.23. The van der Waals surface area contributed by atoms with Gasteiger partial charge >= 0.3 is 0 Å². The van der Waals surface area contributed by atoms with Gasteiger partial charge in [-0.3, -0.25) is 0 Å². The number of hydrogen-bond acceptors (Lipinski definition) is 2. The van der Waals surface area contributed by atoms with Gasteiger partial charge < -0.3 is 15.2 Å². The number of aromatic amines is 1. The first kappa shape index (κ1) is 17.6. The SMILES string of the molecule is CN(C)CC1NCCc2c1[nH]c1ccc(Cl)cc21.Cl.Cl. The van der Waals surface area contributed by atoms with Gasteiger partial charge in [0, 0.05) is 28.2 Å². The fourth-order valence-electron chi connectivity index (χ4n) is 2.80. The predicted octanol–water partition coefficient (Wildman–Crippen LogP) is 3.41.